The molecule has 0 bridgehead atoms. The zero-order valence-corrected chi connectivity index (χ0v) is 18.5. The van der Waals surface area contributed by atoms with Crippen LogP contribution in [0.5, 0.6) is 5.75 Å². The molecule has 24 heavy (non-hydrogen) atoms. The van der Waals surface area contributed by atoms with E-state index in [1.807, 2.05) is 18.7 Å². The number of nitrogens with one attached hydrogen (secondary N) is 2. The smallest absolute Gasteiger partial charge is 0.191 e. The maximum Gasteiger partial charge on any atom is 0.191 e. The Balaban J connectivity index is 0.00000529. The second kappa shape index (κ2) is 14.7. The van der Waals surface area contributed by atoms with E-state index in [1.54, 1.807) is 0 Å². The quantitative estimate of drug-likeness (QED) is 0.235. The standard InChI is InChI=1S/C18H31N3OS.HI/c1-5-19-18(20-11-7-8-12-23-4)21-14-16-10-9-15(3)13-17(16)22-6-2;/h9-10,13H,5-8,11-12,14H2,1-4H3,(H2,19,20,21);1H. The van der Waals surface area contributed by atoms with Crippen molar-refractivity contribution in [2.45, 2.75) is 40.2 Å². The number of unbranched alkanes of at least 4 members (excludes halogenated alkanes) is 1. The summed E-state index contributed by atoms with van der Waals surface area (Å²) < 4.78 is 5.72. The Kier molecular flexibility index (Phi) is 14.3. The van der Waals surface area contributed by atoms with Crippen molar-refractivity contribution >= 4 is 41.7 Å². The Morgan fingerprint density at radius 2 is 2.00 bits per heavy atom. The first-order valence-electron chi connectivity index (χ1n) is 8.44. The van der Waals surface area contributed by atoms with Gasteiger partial charge in [0.05, 0.1) is 13.2 Å². The van der Waals surface area contributed by atoms with Gasteiger partial charge in [0.1, 0.15) is 5.75 Å². The number of nitrogens with zero attached hydrogens (tertiary/aromatic N) is 1. The van der Waals surface area contributed by atoms with Crippen LogP contribution >= 0.6 is 35.7 Å². The van der Waals surface area contributed by atoms with Gasteiger partial charge in [0.2, 0.25) is 0 Å². The maximum atomic E-state index is 5.72. The van der Waals surface area contributed by atoms with Crippen molar-refractivity contribution < 1.29 is 4.74 Å². The number of ether oxygens (including phenoxy) is 1. The zero-order valence-electron chi connectivity index (χ0n) is 15.4. The Morgan fingerprint density at radius 3 is 2.67 bits per heavy atom. The molecular weight excluding hydrogens is 433 g/mol. The van der Waals surface area contributed by atoms with Crippen LogP contribution in [-0.2, 0) is 6.54 Å². The summed E-state index contributed by atoms with van der Waals surface area (Å²) in [5, 5.41) is 6.70. The molecular formula is C18H32IN3OS. The molecule has 0 aliphatic rings. The Hall–Kier alpha value is -0.630. The molecule has 4 nitrogen and oxygen atoms in total. The molecule has 0 amide bonds. The first-order valence-corrected chi connectivity index (χ1v) is 9.84. The van der Waals surface area contributed by atoms with E-state index in [-0.39, 0.29) is 24.0 Å². The molecule has 1 aromatic rings. The molecule has 0 aliphatic heterocycles. The van der Waals surface area contributed by atoms with Crippen LogP contribution in [0.2, 0.25) is 0 Å². The van der Waals surface area contributed by atoms with Gasteiger partial charge in [-0.15, -0.1) is 24.0 Å². The third-order valence-corrected chi connectivity index (χ3v) is 4.04. The van der Waals surface area contributed by atoms with Gasteiger partial charge in [-0.1, -0.05) is 12.1 Å². The van der Waals surface area contributed by atoms with Gasteiger partial charge < -0.3 is 15.4 Å². The summed E-state index contributed by atoms with van der Waals surface area (Å²) in [7, 11) is 0. The summed E-state index contributed by atoms with van der Waals surface area (Å²) in [4.78, 5) is 4.68. The molecule has 0 radical (unpaired) electrons. The van der Waals surface area contributed by atoms with Gasteiger partial charge in [0, 0.05) is 18.7 Å². The molecule has 0 aromatic heterocycles. The van der Waals surface area contributed by atoms with Crippen LogP contribution in [0.4, 0.5) is 0 Å². The van der Waals surface area contributed by atoms with Crippen molar-refractivity contribution in [3.63, 3.8) is 0 Å². The minimum Gasteiger partial charge on any atom is -0.494 e. The average molecular weight is 465 g/mol. The number of benzene rings is 1. The van der Waals surface area contributed by atoms with Crippen molar-refractivity contribution in [3.05, 3.63) is 29.3 Å². The lowest BCUT2D eigenvalue weighted by molar-refractivity contribution is 0.336. The summed E-state index contributed by atoms with van der Waals surface area (Å²) >= 11 is 1.90. The van der Waals surface area contributed by atoms with Gasteiger partial charge >= 0.3 is 0 Å². The molecule has 1 aromatic carbocycles. The van der Waals surface area contributed by atoms with E-state index in [1.165, 1.54) is 24.2 Å². The number of hydrogen-bond acceptors (Lipinski definition) is 3. The Labute approximate surface area is 168 Å². The number of guanidine groups is 1. The van der Waals surface area contributed by atoms with E-state index in [9.17, 15) is 0 Å². The fourth-order valence-electron chi connectivity index (χ4n) is 2.17. The predicted octanol–water partition coefficient (Wildman–Crippen LogP) is 4.21. The number of aryl methyl sites for hydroxylation is 1. The maximum absolute atomic E-state index is 5.72. The van der Waals surface area contributed by atoms with Crippen LogP contribution in [0, 0.1) is 6.92 Å². The van der Waals surface area contributed by atoms with Crippen molar-refractivity contribution in [2.24, 2.45) is 4.99 Å². The second-order valence-electron chi connectivity index (χ2n) is 5.37. The van der Waals surface area contributed by atoms with E-state index >= 15 is 0 Å². The highest BCUT2D eigenvalue weighted by Crippen LogP contribution is 2.21. The van der Waals surface area contributed by atoms with E-state index in [0.29, 0.717) is 13.2 Å². The van der Waals surface area contributed by atoms with E-state index in [0.717, 1.165) is 30.4 Å². The summed E-state index contributed by atoms with van der Waals surface area (Å²) in [6.45, 7) is 9.29. The van der Waals surface area contributed by atoms with Crippen LogP contribution in [0.1, 0.15) is 37.8 Å². The summed E-state index contributed by atoms with van der Waals surface area (Å²) in [6, 6.07) is 6.29. The van der Waals surface area contributed by atoms with E-state index < -0.39 is 0 Å². The van der Waals surface area contributed by atoms with Gasteiger partial charge in [-0.25, -0.2) is 4.99 Å². The molecule has 0 saturated carbocycles. The first-order chi connectivity index (χ1) is 11.2. The van der Waals surface area contributed by atoms with Gasteiger partial charge in [-0.2, -0.15) is 11.8 Å². The fourth-order valence-corrected chi connectivity index (χ4v) is 2.66. The highest BCUT2D eigenvalue weighted by Gasteiger charge is 2.04. The lowest BCUT2D eigenvalue weighted by Gasteiger charge is -2.13. The molecule has 0 atom stereocenters. The predicted molar refractivity (Wildman–Crippen MR) is 118 cm³/mol. The highest BCUT2D eigenvalue weighted by atomic mass is 127. The molecule has 0 aliphatic carbocycles. The van der Waals surface area contributed by atoms with Crippen molar-refractivity contribution in [3.8, 4) is 5.75 Å². The van der Waals surface area contributed by atoms with Crippen molar-refractivity contribution in [1.29, 1.82) is 0 Å². The number of halogens is 1. The minimum absolute atomic E-state index is 0. The van der Waals surface area contributed by atoms with Crippen molar-refractivity contribution in [2.75, 3.05) is 31.7 Å². The number of aliphatic imine (C=N–C) groups is 1. The van der Waals surface area contributed by atoms with E-state index in [2.05, 4.69) is 53.9 Å². The molecule has 0 heterocycles. The number of thioether (sulfide) groups is 1. The first kappa shape index (κ1) is 23.4. The number of rotatable bonds is 10. The molecule has 0 spiro atoms. The summed E-state index contributed by atoms with van der Waals surface area (Å²) in [5.41, 5.74) is 2.33. The average Bonchev–Trinajstić information content (AvgIpc) is 2.54. The van der Waals surface area contributed by atoms with Crippen LogP contribution in [0.3, 0.4) is 0 Å². The van der Waals surface area contributed by atoms with Gasteiger partial charge in [-0.05, 0) is 57.3 Å². The molecule has 2 N–H and O–H groups in total. The molecule has 0 fully saturated rings. The molecule has 0 saturated heterocycles. The largest absolute Gasteiger partial charge is 0.494 e. The molecule has 1 rings (SSSR count). The molecule has 0 unspecified atom stereocenters. The van der Waals surface area contributed by atoms with Crippen LogP contribution in [0.25, 0.3) is 0 Å². The van der Waals surface area contributed by atoms with Gasteiger partial charge in [0.15, 0.2) is 5.96 Å². The fraction of sp³-hybridized carbons (Fsp3) is 0.611. The SMILES string of the molecule is CCNC(=NCc1ccc(C)cc1OCC)NCCCCSC.I. The summed E-state index contributed by atoms with van der Waals surface area (Å²) in [5.74, 6) is 3.03. The van der Waals surface area contributed by atoms with Crippen LogP contribution in [0.15, 0.2) is 23.2 Å². The van der Waals surface area contributed by atoms with Gasteiger partial charge in [0.25, 0.3) is 0 Å². The molecule has 6 heteroatoms. The monoisotopic (exact) mass is 465 g/mol. The minimum atomic E-state index is 0. The number of hydrogen-bond donors (Lipinski definition) is 2. The third-order valence-electron chi connectivity index (χ3n) is 3.34. The van der Waals surface area contributed by atoms with Crippen LogP contribution in [-0.4, -0.2) is 37.7 Å². The van der Waals surface area contributed by atoms with E-state index in [4.69, 9.17) is 4.74 Å². The Bertz CT molecular complexity index is 483. The second-order valence-corrected chi connectivity index (χ2v) is 6.35. The normalized spacial score (nSPS) is 10.9. The summed E-state index contributed by atoms with van der Waals surface area (Å²) in [6.07, 6.45) is 4.55. The van der Waals surface area contributed by atoms with Crippen LogP contribution < -0.4 is 15.4 Å². The topological polar surface area (TPSA) is 45.7 Å². The highest BCUT2D eigenvalue weighted by molar-refractivity contribution is 14.0. The Morgan fingerprint density at radius 1 is 1.21 bits per heavy atom. The lowest BCUT2D eigenvalue weighted by atomic mass is 10.1. The third kappa shape index (κ3) is 9.61. The van der Waals surface area contributed by atoms with Gasteiger partial charge in [-0.3, -0.25) is 0 Å². The molecule has 138 valence electrons. The zero-order chi connectivity index (χ0) is 16.9. The van der Waals surface area contributed by atoms with Crippen molar-refractivity contribution in [1.82, 2.24) is 10.6 Å². The lowest BCUT2D eigenvalue weighted by Crippen LogP contribution is -2.37.